The fraction of sp³-hybridized carbons (Fsp3) is 0.500. The lowest BCUT2D eigenvalue weighted by atomic mass is 10.1. The fourth-order valence-electron chi connectivity index (χ4n) is 1.98. The predicted octanol–water partition coefficient (Wildman–Crippen LogP) is 2.39. The zero-order valence-corrected chi connectivity index (χ0v) is 12.6. The minimum Gasteiger partial charge on any atom is -0.339 e. The zero-order valence-electron chi connectivity index (χ0n) is 12.6. The van der Waals surface area contributed by atoms with Gasteiger partial charge in [-0.15, -0.1) is 0 Å². The lowest BCUT2D eigenvalue weighted by Gasteiger charge is -2.25. The molecule has 116 valence electrons. The first kappa shape index (κ1) is 16.9. The molecule has 21 heavy (non-hydrogen) atoms. The van der Waals surface area contributed by atoms with Crippen molar-refractivity contribution in [1.82, 2.24) is 4.90 Å². The number of nitro groups is 1. The Morgan fingerprint density at radius 3 is 2.62 bits per heavy atom. The standard InChI is InChI=1S/C14H22N4O3/c1-4-10(3)9-17(5-2)14(19)12-8-11(18(20)21)6-7-13(12)16-15/h6-8,10,16H,4-5,9,15H2,1-3H3. The summed E-state index contributed by atoms with van der Waals surface area (Å²) >= 11 is 0. The third kappa shape index (κ3) is 4.16. The van der Waals surface area contributed by atoms with Crippen molar-refractivity contribution in [3.8, 4) is 0 Å². The van der Waals surface area contributed by atoms with Gasteiger partial charge in [-0.3, -0.25) is 20.8 Å². The topological polar surface area (TPSA) is 102 Å². The second-order valence-electron chi connectivity index (χ2n) is 4.99. The maximum atomic E-state index is 12.6. The number of nitrogens with two attached hydrogens (primary N) is 1. The minimum absolute atomic E-state index is 0.128. The van der Waals surface area contributed by atoms with E-state index in [9.17, 15) is 14.9 Å². The van der Waals surface area contributed by atoms with Crippen LogP contribution in [0.3, 0.4) is 0 Å². The molecule has 0 aliphatic heterocycles. The Kier molecular flexibility index (Phi) is 6.10. The molecule has 0 saturated heterocycles. The second-order valence-corrected chi connectivity index (χ2v) is 4.99. The molecule has 0 fully saturated rings. The molecule has 1 rings (SSSR count). The van der Waals surface area contributed by atoms with Crippen molar-refractivity contribution in [3.63, 3.8) is 0 Å². The lowest BCUT2D eigenvalue weighted by molar-refractivity contribution is -0.384. The molecule has 7 nitrogen and oxygen atoms in total. The van der Waals surface area contributed by atoms with Gasteiger partial charge in [0.15, 0.2) is 0 Å². The average Bonchev–Trinajstić information content (AvgIpc) is 2.50. The molecule has 0 saturated carbocycles. The Hall–Kier alpha value is -2.15. The molecule has 7 heteroatoms. The summed E-state index contributed by atoms with van der Waals surface area (Å²) in [6.45, 7) is 7.15. The van der Waals surface area contributed by atoms with E-state index in [2.05, 4.69) is 19.3 Å². The highest BCUT2D eigenvalue weighted by atomic mass is 16.6. The van der Waals surface area contributed by atoms with Gasteiger partial charge in [0.1, 0.15) is 0 Å². The largest absolute Gasteiger partial charge is 0.339 e. The Bertz CT molecular complexity index is 519. The van der Waals surface area contributed by atoms with E-state index in [0.29, 0.717) is 24.7 Å². The number of anilines is 1. The Labute approximate surface area is 124 Å². The molecule has 0 aliphatic rings. The van der Waals surface area contributed by atoms with Gasteiger partial charge < -0.3 is 10.3 Å². The van der Waals surface area contributed by atoms with Gasteiger partial charge in [-0.25, -0.2) is 0 Å². The maximum absolute atomic E-state index is 12.6. The number of hydrogen-bond donors (Lipinski definition) is 2. The molecule has 0 aromatic heterocycles. The number of nitrogens with zero attached hydrogens (tertiary/aromatic N) is 2. The summed E-state index contributed by atoms with van der Waals surface area (Å²) in [5, 5.41) is 10.9. The van der Waals surface area contributed by atoms with Crippen LogP contribution in [0.2, 0.25) is 0 Å². The molecule has 0 heterocycles. The number of benzene rings is 1. The number of rotatable bonds is 7. The normalized spacial score (nSPS) is 11.8. The molecule has 0 spiro atoms. The van der Waals surface area contributed by atoms with Crippen LogP contribution in [0.15, 0.2) is 18.2 Å². The zero-order chi connectivity index (χ0) is 16.0. The SMILES string of the molecule is CCC(C)CN(CC)C(=O)c1cc([N+](=O)[O-])ccc1NN. The van der Waals surface area contributed by atoms with Crippen molar-refractivity contribution < 1.29 is 9.72 Å². The third-order valence-corrected chi connectivity index (χ3v) is 3.50. The first-order chi connectivity index (χ1) is 9.94. The van der Waals surface area contributed by atoms with Crippen LogP contribution in [0, 0.1) is 16.0 Å². The number of non-ortho nitro benzene ring substituents is 1. The van der Waals surface area contributed by atoms with Crippen LogP contribution in [0.1, 0.15) is 37.6 Å². The predicted molar refractivity (Wildman–Crippen MR) is 81.9 cm³/mol. The van der Waals surface area contributed by atoms with E-state index in [-0.39, 0.29) is 17.2 Å². The number of nitrogen functional groups attached to an aromatic ring is 1. The summed E-state index contributed by atoms with van der Waals surface area (Å²) in [4.78, 5) is 24.6. The first-order valence-electron chi connectivity index (χ1n) is 6.98. The van der Waals surface area contributed by atoms with Crippen LogP contribution in [0.25, 0.3) is 0 Å². The van der Waals surface area contributed by atoms with Crippen LogP contribution >= 0.6 is 0 Å². The quantitative estimate of drug-likeness (QED) is 0.457. The van der Waals surface area contributed by atoms with Crippen LogP contribution < -0.4 is 11.3 Å². The fourth-order valence-corrected chi connectivity index (χ4v) is 1.98. The van der Waals surface area contributed by atoms with E-state index in [1.807, 2.05) is 6.92 Å². The average molecular weight is 294 g/mol. The molecule has 1 aromatic carbocycles. The molecule has 0 radical (unpaired) electrons. The monoisotopic (exact) mass is 294 g/mol. The van der Waals surface area contributed by atoms with Gasteiger partial charge in [0, 0.05) is 25.2 Å². The Balaban J connectivity index is 3.13. The highest BCUT2D eigenvalue weighted by Gasteiger charge is 2.21. The second kappa shape index (κ2) is 7.58. The number of hydrogen-bond acceptors (Lipinski definition) is 5. The minimum atomic E-state index is -0.526. The van der Waals surface area contributed by atoms with Crippen LogP contribution in [0.4, 0.5) is 11.4 Å². The van der Waals surface area contributed by atoms with Crippen molar-refractivity contribution >= 4 is 17.3 Å². The smallest absolute Gasteiger partial charge is 0.270 e. The first-order valence-corrected chi connectivity index (χ1v) is 6.98. The molecule has 1 aromatic rings. The van der Waals surface area contributed by atoms with Crippen molar-refractivity contribution in [2.45, 2.75) is 27.2 Å². The maximum Gasteiger partial charge on any atom is 0.270 e. The number of amides is 1. The van der Waals surface area contributed by atoms with Gasteiger partial charge in [0.2, 0.25) is 0 Å². The molecule has 1 atom stereocenters. The van der Waals surface area contributed by atoms with Crippen molar-refractivity contribution in [1.29, 1.82) is 0 Å². The summed E-state index contributed by atoms with van der Waals surface area (Å²) in [6, 6.07) is 4.02. The van der Waals surface area contributed by atoms with Crippen molar-refractivity contribution in [2.24, 2.45) is 11.8 Å². The molecule has 0 bridgehead atoms. The van der Waals surface area contributed by atoms with Gasteiger partial charge in [-0.2, -0.15) is 0 Å². The highest BCUT2D eigenvalue weighted by molar-refractivity contribution is 6.00. The molecular weight excluding hydrogens is 272 g/mol. The van der Waals surface area contributed by atoms with Crippen LogP contribution in [-0.4, -0.2) is 28.8 Å². The van der Waals surface area contributed by atoms with Gasteiger partial charge in [0.05, 0.1) is 16.2 Å². The molecule has 1 unspecified atom stereocenters. The van der Waals surface area contributed by atoms with E-state index in [1.54, 1.807) is 4.90 Å². The van der Waals surface area contributed by atoms with Crippen molar-refractivity contribution in [2.75, 3.05) is 18.5 Å². The number of nitro benzene ring substituents is 1. The summed E-state index contributed by atoms with van der Waals surface area (Å²) in [5.41, 5.74) is 2.89. The highest BCUT2D eigenvalue weighted by Crippen LogP contribution is 2.23. The van der Waals surface area contributed by atoms with E-state index in [0.717, 1.165) is 6.42 Å². The van der Waals surface area contributed by atoms with Crippen LogP contribution in [0.5, 0.6) is 0 Å². The Morgan fingerprint density at radius 2 is 2.14 bits per heavy atom. The van der Waals surface area contributed by atoms with E-state index < -0.39 is 4.92 Å². The van der Waals surface area contributed by atoms with Gasteiger partial charge >= 0.3 is 0 Å². The van der Waals surface area contributed by atoms with E-state index >= 15 is 0 Å². The number of carbonyl (C=O) groups excluding carboxylic acids is 1. The summed E-state index contributed by atoms with van der Waals surface area (Å²) in [7, 11) is 0. The summed E-state index contributed by atoms with van der Waals surface area (Å²) in [6.07, 6.45) is 0.959. The third-order valence-electron chi connectivity index (χ3n) is 3.50. The van der Waals surface area contributed by atoms with Gasteiger partial charge in [-0.05, 0) is 18.9 Å². The number of carbonyl (C=O) groups is 1. The lowest BCUT2D eigenvalue weighted by Crippen LogP contribution is -2.35. The summed E-state index contributed by atoms with van der Waals surface area (Å²) in [5.74, 6) is 5.50. The van der Waals surface area contributed by atoms with Gasteiger partial charge in [0.25, 0.3) is 11.6 Å². The van der Waals surface area contributed by atoms with E-state index in [4.69, 9.17) is 5.84 Å². The van der Waals surface area contributed by atoms with Crippen molar-refractivity contribution in [3.05, 3.63) is 33.9 Å². The van der Waals surface area contributed by atoms with Gasteiger partial charge in [-0.1, -0.05) is 20.3 Å². The Morgan fingerprint density at radius 1 is 1.48 bits per heavy atom. The van der Waals surface area contributed by atoms with Crippen LogP contribution in [-0.2, 0) is 0 Å². The molecule has 1 amide bonds. The molecular formula is C14H22N4O3. The molecule has 3 N–H and O–H groups in total. The summed E-state index contributed by atoms with van der Waals surface area (Å²) < 4.78 is 0. The number of hydrazine groups is 1. The van der Waals surface area contributed by atoms with E-state index in [1.165, 1.54) is 18.2 Å². The molecule has 0 aliphatic carbocycles. The number of nitrogens with one attached hydrogen (secondary N) is 1.